The summed E-state index contributed by atoms with van der Waals surface area (Å²) < 4.78 is 7.78. The van der Waals surface area contributed by atoms with Gasteiger partial charge >= 0.3 is 0 Å². The second-order valence-corrected chi connectivity index (χ2v) is 10.8. The fourth-order valence-electron chi connectivity index (χ4n) is 5.75. The van der Waals surface area contributed by atoms with Gasteiger partial charge in [0, 0.05) is 30.8 Å². The number of aromatic nitrogens is 5. The lowest BCUT2D eigenvalue weighted by Gasteiger charge is -2.31. The lowest BCUT2D eigenvalue weighted by Crippen LogP contribution is -2.37. The van der Waals surface area contributed by atoms with E-state index in [1.165, 1.54) is 11.1 Å². The van der Waals surface area contributed by atoms with Gasteiger partial charge in [0.2, 0.25) is 0 Å². The standard InChI is InChI=1S/C33H36N6O2/c1-2-24-15-16-30-27(20-24)21-29(33(40)34-30)31(32-35-36-37-39(32)23-28-14-9-19-41-28)38(22-26-12-7-4-8-13-26)18-17-25-10-5-3-6-11-25/h3-8,10-13,15-16,20-21,28,31H,2,9,14,17-19,22-23H2,1H3,(H,34,40)/t28-,31+/m1/s1. The van der Waals surface area contributed by atoms with Crippen LogP contribution in [0.4, 0.5) is 0 Å². The summed E-state index contributed by atoms with van der Waals surface area (Å²) in [6.45, 7) is 4.80. The zero-order valence-electron chi connectivity index (χ0n) is 23.4. The minimum atomic E-state index is -0.464. The van der Waals surface area contributed by atoms with Gasteiger partial charge in [-0.1, -0.05) is 73.7 Å². The first-order valence-corrected chi connectivity index (χ1v) is 14.5. The maximum Gasteiger partial charge on any atom is 0.253 e. The summed E-state index contributed by atoms with van der Waals surface area (Å²) in [5.41, 5.74) is 4.96. The van der Waals surface area contributed by atoms with Crippen LogP contribution in [0.2, 0.25) is 0 Å². The number of benzene rings is 3. The summed E-state index contributed by atoms with van der Waals surface area (Å²) in [6, 6.07) is 28.6. The first kappa shape index (κ1) is 27.1. The second kappa shape index (κ2) is 12.6. The maximum atomic E-state index is 13.8. The molecule has 0 bridgehead atoms. The molecule has 2 aromatic heterocycles. The lowest BCUT2D eigenvalue weighted by molar-refractivity contribution is 0.0906. The van der Waals surface area contributed by atoms with Crippen molar-refractivity contribution in [3.63, 3.8) is 0 Å². The van der Waals surface area contributed by atoms with Crippen molar-refractivity contribution < 1.29 is 4.74 Å². The molecule has 1 aliphatic heterocycles. The normalized spacial score (nSPS) is 16.0. The van der Waals surface area contributed by atoms with Crippen molar-refractivity contribution >= 4 is 10.9 Å². The Morgan fingerprint density at radius 2 is 1.78 bits per heavy atom. The quantitative estimate of drug-likeness (QED) is 0.247. The van der Waals surface area contributed by atoms with Gasteiger partial charge in [0.05, 0.1) is 12.6 Å². The molecule has 3 aromatic carbocycles. The van der Waals surface area contributed by atoms with Gasteiger partial charge in [-0.2, -0.15) is 0 Å². The Balaban J connectivity index is 1.47. The van der Waals surface area contributed by atoms with Crippen LogP contribution in [0.25, 0.3) is 10.9 Å². The van der Waals surface area contributed by atoms with Gasteiger partial charge < -0.3 is 9.72 Å². The molecule has 0 saturated carbocycles. The molecular formula is C33H36N6O2. The zero-order valence-corrected chi connectivity index (χ0v) is 23.4. The minimum Gasteiger partial charge on any atom is -0.376 e. The first-order chi connectivity index (χ1) is 20.2. The van der Waals surface area contributed by atoms with Crippen molar-refractivity contribution in [2.45, 2.75) is 57.8 Å². The molecule has 2 atom stereocenters. The fourth-order valence-corrected chi connectivity index (χ4v) is 5.75. The molecule has 0 unspecified atom stereocenters. The number of pyridine rings is 1. The Kier molecular flexibility index (Phi) is 8.30. The number of nitrogens with zero attached hydrogens (tertiary/aromatic N) is 5. The van der Waals surface area contributed by atoms with E-state index in [0.717, 1.165) is 48.8 Å². The van der Waals surface area contributed by atoms with Gasteiger partial charge in [-0.15, -0.1) is 5.10 Å². The molecule has 1 N–H and O–H groups in total. The smallest absolute Gasteiger partial charge is 0.253 e. The monoisotopic (exact) mass is 548 g/mol. The molecular weight excluding hydrogens is 512 g/mol. The SMILES string of the molecule is CCc1ccc2[nH]c(=O)c([C@@H](c3nnnn3C[C@H]3CCCO3)N(CCc3ccccc3)Cc3ccccc3)cc2c1. The van der Waals surface area contributed by atoms with Crippen LogP contribution >= 0.6 is 0 Å². The number of nitrogens with one attached hydrogen (secondary N) is 1. The Bertz CT molecular complexity index is 1630. The summed E-state index contributed by atoms with van der Waals surface area (Å²) in [4.78, 5) is 19.3. The van der Waals surface area contributed by atoms with Crippen molar-refractivity contribution in [2.24, 2.45) is 0 Å². The van der Waals surface area contributed by atoms with Crippen LogP contribution in [0.15, 0.2) is 89.7 Å². The van der Waals surface area contributed by atoms with E-state index in [4.69, 9.17) is 4.74 Å². The highest BCUT2D eigenvalue weighted by molar-refractivity contribution is 5.80. The number of fused-ring (bicyclic) bond motifs is 1. The van der Waals surface area contributed by atoms with E-state index in [-0.39, 0.29) is 11.7 Å². The largest absolute Gasteiger partial charge is 0.376 e. The van der Waals surface area contributed by atoms with Gasteiger partial charge in [-0.25, -0.2) is 4.68 Å². The molecule has 3 heterocycles. The third kappa shape index (κ3) is 6.29. The molecule has 1 saturated heterocycles. The summed E-state index contributed by atoms with van der Waals surface area (Å²) in [5, 5.41) is 14.1. The molecule has 0 aliphatic carbocycles. The summed E-state index contributed by atoms with van der Waals surface area (Å²) in [7, 11) is 0. The van der Waals surface area contributed by atoms with Crippen LogP contribution in [0, 0.1) is 0 Å². The Morgan fingerprint density at radius 3 is 2.51 bits per heavy atom. The second-order valence-electron chi connectivity index (χ2n) is 10.8. The average molecular weight is 549 g/mol. The van der Waals surface area contributed by atoms with Crippen LogP contribution in [0.3, 0.4) is 0 Å². The summed E-state index contributed by atoms with van der Waals surface area (Å²) in [5.74, 6) is 0.654. The molecule has 6 rings (SSSR count). The minimum absolute atomic E-state index is 0.0618. The van der Waals surface area contributed by atoms with Crippen molar-refractivity contribution in [2.75, 3.05) is 13.2 Å². The Hall–Kier alpha value is -4.14. The van der Waals surface area contributed by atoms with Gasteiger partial charge in [-0.3, -0.25) is 9.69 Å². The van der Waals surface area contributed by atoms with Crippen LogP contribution in [0.1, 0.15) is 53.9 Å². The van der Waals surface area contributed by atoms with E-state index in [1.54, 1.807) is 0 Å². The maximum absolute atomic E-state index is 13.8. The number of hydrogen-bond acceptors (Lipinski definition) is 6. The van der Waals surface area contributed by atoms with Crippen LogP contribution in [-0.4, -0.2) is 49.3 Å². The van der Waals surface area contributed by atoms with Crippen molar-refractivity contribution in [1.29, 1.82) is 0 Å². The van der Waals surface area contributed by atoms with Crippen molar-refractivity contribution in [3.8, 4) is 0 Å². The fraction of sp³-hybridized carbons (Fsp3) is 0.333. The van der Waals surface area contributed by atoms with E-state index >= 15 is 0 Å². The third-order valence-electron chi connectivity index (χ3n) is 7.97. The van der Waals surface area contributed by atoms with Crippen molar-refractivity contribution in [1.82, 2.24) is 30.1 Å². The number of rotatable bonds is 11. The molecule has 0 spiro atoms. The molecule has 210 valence electrons. The van der Waals surface area contributed by atoms with Gasteiger partial charge in [0.1, 0.15) is 6.04 Å². The van der Waals surface area contributed by atoms with Gasteiger partial charge in [0.15, 0.2) is 5.82 Å². The predicted octanol–water partition coefficient (Wildman–Crippen LogP) is 5.09. The Labute approximate surface area is 240 Å². The molecule has 0 radical (unpaired) electrons. The van der Waals surface area contributed by atoms with E-state index in [0.29, 0.717) is 31.0 Å². The zero-order chi connectivity index (χ0) is 28.0. The van der Waals surface area contributed by atoms with Crippen LogP contribution in [0.5, 0.6) is 0 Å². The summed E-state index contributed by atoms with van der Waals surface area (Å²) in [6.07, 6.45) is 3.81. The number of aryl methyl sites for hydroxylation is 1. The topological polar surface area (TPSA) is 88.9 Å². The lowest BCUT2D eigenvalue weighted by atomic mass is 10.00. The van der Waals surface area contributed by atoms with Crippen molar-refractivity contribution in [3.05, 3.63) is 123 Å². The van der Waals surface area contributed by atoms with E-state index in [1.807, 2.05) is 28.9 Å². The van der Waals surface area contributed by atoms with Crippen LogP contribution in [-0.2, 0) is 30.7 Å². The molecule has 41 heavy (non-hydrogen) atoms. The number of aromatic amines is 1. The molecule has 8 heteroatoms. The molecule has 0 amide bonds. The molecule has 8 nitrogen and oxygen atoms in total. The highest BCUT2D eigenvalue weighted by Gasteiger charge is 2.32. The highest BCUT2D eigenvalue weighted by Crippen LogP contribution is 2.30. The van der Waals surface area contributed by atoms with Crippen LogP contribution < -0.4 is 5.56 Å². The highest BCUT2D eigenvalue weighted by atomic mass is 16.5. The number of ether oxygens (including phenoxy) is 1. The van der Waals surface area contributed by atoms with Gasteiger partial charge in [0.25, 0.3) is 5.56 Å². The molecule has 1 aliphatic rings. The Morgan fingerprint density at radius 1 is 1.00 bits per heavy atom. The van der Waals surface area contributed by atoms with E-state index in [2.05, 4.69) is 93.0 Å². The van der Waals surface area contributed by atoms with E-state index < -0.39 is 6.04 Å². The first-order valence-electron chi connectivity index (χ1n) is 14.5. The number of hydrogen-bond donors (Lipinski definition) is 1. The molecule has 1 fully saturated rings. The average Bonchev–Trinajstić information content (AvgIpc) is 3.70. The van der Waals surface area contributed by atoms with Gasteiger partial charge in [-0.05, 0) is 76.4 Å². The third-order valence-corrected chi connectivity index (χ3v) is 7.97. The predicted molar refractivity (Wildman–Crippen MR) is 160 cm³/mol. The number of H-pyrrole nitrogens is 1. The number of tetrazole rings is 1. The van der Waals surface area contributed by atoms with E-state index in [9.17, 15) is 4.79 Å². The molecule has 5 aromatic rings. The summed E-state index contributed by atoms with van der Waals surface area (Å²) >= 11 is 0.